The summed E-state index contributed by atoms with van der Waals surface area (Å²) in [5.41, 5.74) is 0.784. The molecule has 0 aliphatic heterocycles. The summed E-state index contributed by atoms with van der Waals surface area (Å²) in [6.07, 6.45) is 0. The molecule has 2 nitrogen and oxygen atoms in total. The number of thiophene rings is 1. The highest BCUT2D eigenvalue weighted by Gasteiger charge is 2.21. The molecule has 0 saturated carbocycles. The summed E-state index contributed by atoms with van der Waals surface area (Å²) in [6, 6.07) is 4.46. The van der Waals surface area contributed by atoms with Gasteiger partial charge in [0.2, 0.25) is 5.78 Å². The first kappa shape index (κ1) is 13.1. The van der Waals surface area contributed by atoms with Crippen molar-refractivity contribution in [2.45, 2.75) is 6.92 Å². The molecule has 0 amide bonds. The molecule has 94 valence electrons. The van der Waals surface area contributed by atoms with Gasteiger partial charge in [-0.2, -0.15) is 0 Å². The first-order valence-corrected chi connectivity index (χ1v) is 6.42. The molecule has 5 heteroatoms. The molecule has 1 aromatic carbocycles. The molecular formula is C13H10ClFO2S. The molecule has 0 aliphatic rings. The number of carbonyl (C=O) groups is 1. The monoisotopic (exact) mass is 284 g/mol. The summed E-state index contributed by atoms with van der Waals surface area (Å²) in [6.45, 7) is 1.80. The van der Waals surface area contributed by atoms with Gasteiger partial charge >= 0.3 is 0 Å². The molecule has 0 spiro atoms. The Morgan fingerprint density at radius 1 is 1.44 bits per heavy atom. The smallest absolute Gasteiger partial charge is 0.207 e. The molecular weight excluding hydrogens is 275 g/mol. The third-order valence-electron chi connectivity index (χ3n) is 2.53. The van der Waals surface area contributed by atoms with Crippen LogP contribution in [0.5, 0.6) is 5.75 Å². The van der Waals surface area contributed by atoms with Crippen molar-refractivity contribution < 1.29 is 13.9 Å². The van der Waals surface area contributed by atoms with Crippen molar-refractivity contribution in [3.63, 3.8) is 0 Å². The third-order valence-corrected chi connectivity index (χ3v) is 4.23. The quantitative estimate of drug-likeness (QED) is 0.794. The number of hydrogen-bond acceptors (Lipinski definition) is 3. The molecule has 0 bridgehead atoms. The zero-order chi connectivity index (χ0) is 13.3. The maximum atomic E-state index is 14.0. The van der Waals surface area contributed by atoms with Gasteiger partial charge in [0.15, 0.2) is 11.6 Å². The van der Waals surface area contributed by atoms with Crippen LogP contribution in [0.2, 0.25) is 5.02 Å². The maximum absolute atomic E-state index is 14.0. The zero-order valence-corrected chi connectivity index (χ0v) is 11.4. The lowest BCUT2D eigenvalue weighted by molar-refractivity contribution is 0.103. The summed E-state index contributed by atoms with van der Waals surface area (Å²) in [7, 11) is 1.36. The Labute approximate surface area is 113 Å². The first-order chi connectivity index (χ1) is 8.56. The number of ether oxygens (including phenoxy) is 1. The van der Waals surface area contributed by atoms with Crippen molar-refractivity contribution in [1.82, 2.24) is 0 Å². The van der Waals surface area contributed by atoms with Gasteiger partial charge < -0.3 is 4.74 Å². The lowest BCUT2D eigenvalue weighted by Gasteiger charge is -2.05. The lowest BCUT2D eigenvalue weighted by atomic mass is 10.1. The van der Waals surface area contributed by atoms with E-state index < -0.39 is 11.6 Å². The zero-order valence-electron chi connectivity index (χ0n) is 9.79. The van der Waals surface area contributed by atoms with E-state index >= 15 is 0 Å². The summed E-state index contributed by atoms with van der Waals surface area (Å²) in [4.78, 5) is 12.5. The molecule has 1 heterocycles. The van der Waals surface area contributed by atoms with Gasteiger partial charge in [-0.15, -0.1) is 11.3 Å². The van der Waals surface area contributed by atoms with Gasteiger partial charge in [0.05, 0.1) is 22.6 Å². The summed E-state index contributed by atoms with van der Waals surface area (Å²) in [5.74, 6) is -1.04. The van der Waals surface area contributed by atoms with Crippen molar-refractivity contribution in [2.24, 2.45) is 0 Å². The topological polar surface area (TPSA) is 26.3 Å². The van der Waals surface area contributed by atoms with Crippen LogP contribution in [-0.4, -0.2) is 12.9 Å². The Hall–Kier alpha value is -1.39. The van der Waals surface area contributed by atoms with E-state index in [0.717, 1.165) is 5.56 Å². The van der Waals surface area contributed by atoms with Crippen molar-refractivity contribution in [3.8, 4) is 5.75 Å². The molecule has 0 N–H and O–H groups in total. The van der Waals surface area contributed by atoms with Crippen molar-refractivity contribution in [3.05, 3.63) is 50.4 Å². The van der Waals surface area contributed by atoms with Crippen LogP contribution >= 0.6 is 22.9 Å². The molecule has 1 aromatic heterocycles. The standard InChI is InChI=1S/C13H10ClFO2S/c1-7-6-18-13(10(7)14)12(16)8-4-3-5-9(17-2)11(8)15/h3-6H,1-2H3. The van der Waals surface area contributed by atoms with Crippen molar-refractivity contribution >= 4 is 28.7 Å². The van der Waals surface area contributed by atoms with Crippen molar-refractivity contribution in [1.29, 1.82) is 0 Å². The SMILES string of the molecule is COc1cccc(C(=O)c2scc(C)c2Cl)c1F. The van der Waals surface area contributed by atoms with E-state index in [2.05, 4.69) is 0 Å². The summed E-state index contributed by atoms with van der Waals surface area (Å²) in [5, 5.41) is 2.15. The highest BCUT2D eigenvalue weighted by Crippen LogP contribution is 2.31. The maximum Gasteiger partial charge on any atom is 0.207 e. The average Bonchev–Trinajstić information content (AvgIpc) is 2.70. The van der Waals surface area contributed by atoms with E-state index in [4.69, 9.17) is 16.3 Å². The van der Waals surface area contributed by atoms with Crippen LogP contribution in [0.1, 0.15) is 20.8 Å². The minimum absolute atomic E-state index is 0.0295. The second kappa shape index (κ2) is 5.08. The Morgan fingerprint density at radius 3 is 2.72 bits per heavy atom. The van der Waals surface area contributed by atoms with Gasteiger partial charge in [-0.05, 0) is 30.0 Å². The Balaban J connectivity index is 2.50. The predicted molar refractivity (Wildman–Crippen MR) is 70.5 cm³/mol. The molecule has 2 rings (SSSR count). The predicted octanol–water partition coefficient (Wildman–Crippen LogP) is 4.09. The Kier molecular flexibility index (Phi) is 3.68. The number of rotatable bonds is 3. The van der Waals surface area contributed by atoms with Crippen LogP contribution in [0.15, 0.2) is 23.6 Å². The number of halogens is 2. The molecule has 0 unspecified atom stereocenters. The van der Waals surface area contributed by atoms with E-state index in [1.54, 1.807) is 18.4 Å². The van der Waals surface area contributed by atoms with E-state index in [9.17, 15) is 9.18 Å². The lowest BCUT2D eigenvalue weighted by Crippen LogP contribution is -2.04. The number of carbonyl (C=O) groups excluding carboxylic acids is 1. The fourth-order valence-corrected chi connectivity index (χ4v) is 2.78. The number of hydrogen-bond donors (Lipinski definition) is 0. The van der Waals surface area contributed by atoms with Crippen LogP contribution < -0.4 is 4.74 Å². The molecule has 0 atom stereocenters. The highest BCUT2D eigenvalue weighted by atomic mass is 35.5. The van der Waals surface area contributed by atoms with E-state index in [0.29, 0.717) is 9.90 Å². The van der Waals surface area contributed by atoms with Crippen LogP contribution in [0.25, 0.3) is 0 Å². The number of ketones is 1. The number of methoxy groups -OCH3 is 1. The molecule has 0 fully saturated rings. The van der Waals surface area contributed by atoms with Gasteiger partial charge in [0.25, 0.3) is 0 Å². The molecule has 0 saturated heterocycles. The van der Waals surface area contributed by atoms with Crippen molar-refractivity contribution in [2.75, 3.05) is 7.11 Å². The molecule has 2 aromatic rings. The van der Waals surface area contributed by atoms with E-state index in [-0.39, 0.29) is 11.3 Å². The second-order valence-electron chi connectivity index (χ2n) is 3.71. The Bertz CT molecular complexity index is 607. The second-order valence-corrected chi connectivity index (χ2v) is 4.97. The van der Waals surface area contributed by atoms with E-state index in [1.165, 1.54) is 30.6 Å². The molecule has 18 heavy (non-hydrogen) atoms. The molecule has 0 radical (unpaired) electrons. The van der Waals surface area contributed by atoms with Crippen LogP contribution in [0.3, 0.4) is 0 Å². The number of benzene rings is 1. The van der Waals surface area contributed by atoms with Gasteiger partial charge in [0, 0.05) is 0 Å². The highest BCUT2D eigenvalue weighted by molar-refractivity contribution is 7.13. The first-order valence-electron chi connectivity index (χ1n) is 5.17. The van der Waals surface area contributed by atoms with Gasteiger partial charge in [-0.3, -0.25) is 4.79 Å². The normalized spacial score (nSPS) is 10.4. The van der Waals surface area contributed by atoms with Gasteiger partial charge in [0.1, 0.15) is 0 Å². The summed E-state index contributed by atoms with van der Waals surface area (Å²) >= 11 is 7.23. The minimum atomic E-state index is -0.660. The van der Waals surface area contributed by atoms with Gasteiger partial charge in [-0.25, -0.2) is 4.39 Å². The fraction of sp³-hybridized carbons (Fsp3) is 0.154. The summed E-state index contributed by atoms with van der Waals surface area (Å²) < 4.78 is 18.8. The molecule has 0 aliphatic carbocycles. The van der Waals surface area contributed by atoms with Crippen LogP contribution in [-0.2, 0) is 0 Å². The van der Waals surface area contributed by atoms with E-state index in [1.807, 2.05) is 0 Å². The minimum Gasteiger partial charge on any atom is -0.494 e. The number of aryl methyl sites for hydroxylation is 1. The average molecular weight is 285 g/mol. The Morgan fingerprint density at radius 2 is 2.17 bits per heavy atom. The third kappa shape index (κ3) is 2.13. The fourth-order valence-electron chi connectivity index (χ4n) is 1.55. The van der Waals surface area contributed by atoms with Gasteiger partial charge in [-0.1, -0.05) is 17.7 Å². The largest absolute Gasteiger partial charge is 0.494 e. The van der Waals surface area contributed by atoms with Crippen LogP contribution in [0, 0.1) is 12.7 Å². The van der Waals surface area contributed by atoms with Crippen LogP contribution in [0.4, 0.5) is 4.39 Å².